The largest absolute Gasteiger partial charge is 0.494 e. The number of ether oxygens (including phenoxy) is 5. The number of methoxy groups -OCH3 is 2. The van der Waals surface area contributed by atoms with Gasteiger partial charge in [-0.15, -0.1) is 0 Å². The lowest BCUT2D eigenvalue weighted by Crippen LogP contribution is -2.37. The molecule has 3 amide bonds. The van der Waals surface area contributed by atoms with E-state index in [9.17, 15) is 19.2 Å². The van der Waals surface area contributed by atoms with Crippen molar-refractivity contribution in [1.29, 1.82) is 0 Å². The Morgan fingerprint density at radius 1 is 0.693 bits per heavy atom. The van der Waals surface area contributed by atoms with E-state index >= 15 is 0 Å². The predicted octanol–water partition coefficient (Wildman–Crippen LogP) is 9.96. The number of rotatable bonds is 23. The van der Waals surface area contributed by atoms with Gasteiger partial charge in [0, 0.05) is 79.2 Å². The molecule has 5 aromatic rings. The summed E-state index contributed by atoms with van der Waals surface area (Å²) < 4.78 is 30.8. The second-order valence-corrected chi connectivity index (χ2v) is 22.1. The van der Waals surface area contributed by atoms with E-state index in [4.69, 9.17) is 39.4 Å². The molecule has 1 saturated carbocycles. The fraction of sp³-hybridized carbons (Fsp3) is 0.379. The number of hydrogen-bond acceptors (Lipinski definition) is 14. The van der Waals surface area contributed by atoms with Gasteiger partial charge in [-0.25, -0.2) is 0 Å². The van der Waals surface area contributed by atoms with Crippen molar-refractivity contribution in [2.75, 3.05) is 48.7 Å². The molecule has 0 aromatic heterocycles. The van der Waals surface area contributed by atoms with Crippen LogP contribution < -0.4 is 44.5 Å². The Bertz CT molecular complexity index is 2850. The molecule has 0 saturated heterocycles. The van der Waals surface area contributed by atoms with E-state index in [1.807, 2.05) is 79.2 Å². The van der Waals surface area contributed by atoms with Gasteiger partial charge in [0.05, 0.1) is 61.5 Å². The average Bonchev–Trinajstić information content (AvgIpc) is 4.17. The van der Waals surface area contributed by atoms with Gasteiger partial charge in [0.1, 0.15) is 19.0 Å². The predicted molar refractivity (Wildman–Crippen MR) is 296 cm³/mol. The van der Waals surface area contributed by atoms with Crippen LogP contribution in [0.3, 0.4) is 0 Å². The number of nitrogens with zero attached hydrogens (tertiary/aromatic N) is 4. The van der Waals surface area contributed by atoms with Gasteiger partial charge >= 0.3 is 0 Å². The van der Waals surface area contributed by atoms with Crippen molar-refractivity contribution < 1.29 is 42.9 Å². The van der Waals surface area contributed by atoms with Crippen LogP contribution in [0.5, 0.6) is 28.7 Å². The molecular formula is C58H62N6O9S2. The molecule has 15 nitrogen and oxygen atoms in total. The third-order valence-electron chi connectivity index (χ3n) is 14.4. The van der Waals surface area contributed by atoms with Crippen LogP contribution in [-0.4, -0.2) is 92.9 Å². The minimum atomic E-state index is -0.382. The monoisotopic (exact) mass is 1050 g/mol. The maximum atomic E-state index is 14.1. The van der Waals surface area contributed by atoms with Crippen molar-refractivity contribution in [3.8, 4) is 28.7 Å². The summed E-state index contributed by atoms with van der Waals surface area (Å²) in [7, 11) is 6.46. The summed E-state index contributed by atoms with van der Waals surface area (Å²) in [6.45, 7) is 1.16. The van der Waals surface area contributed by atoms with Crippen molar-refractivity contribution in [3.63, 3.8) is 0 Å². The highest BCUT2D eigenvalue weighted by Crippen LogP contribution is 2.43. The summed E-state index contributed by atoms with van der Waals surface area (Å²) in [6, 6.07) is 27.7. The molecule has 10 rings (SSSR count). The first-order valence-electron chi connectivity index (χ1n) is 25.8. The van der Waals surface area contributed by atoms with Gasteiger partial charge in [-0.1, -0.05) is 70.8 Å². The molecule has 75 heavy (non-hydrogen) atoms. The Labute approximate surface area is 445 Å². The van der Waals surface area contributed by atoms with Crippen molar-refractivity contribution in [1.82, 2.24) is 5.32 Å². The van der Waals surface area contributed by atoms with Crippen LogP contribution in [0.25, 0.3) is 0 Å². The number of unbranched alkanes of at least 4 members (excludes halogenated alkanes) is 1. The molecule has 3 N–H and O–H groups in total. The number of benzene rings is 5. The number of aliphatic imine (C=N–C) groups is 2. The van der Waals surface area contributed by atoms with Gasteiger partial charge < -0.3 is 34.7 Å². The van der Waals surface area contributed by atoms with Crippen LogP contribution in [0.4, 0.5) is 22.7 Å². The molecule has 1 fully saturated rings. The molecule has 4 aliphatic heterocycles. The lowest BCUT2D eigenvalue weighted by molar-refractivity contribution is -0.124. The fourth-order valence-electron chi connectivity index (χ4n) is 10.5. The quantitative estimate of drug-likeness (QED) is 0.0467. The third-order valence-corrected chi connectivity index (χ3v) is 16.8. The second-order valence-electron chi connectivity index (χ2n) is 19.4. The van der Waals surface area contributed by atoms with Crippen molar-refractivity contribution in [2.45, 2.75) is 95.5 Å². The van der Waals surface area contributed by atoms with Crippen LogP contribution in [0, 0.1) is 5.92 Å². The summed E-state index contributed by atoms with van der Waals surface area (Å²) in [6.07, 6.45) is 11.6. The van der Waals surface area contributed by atoms with Crippen LogP contribution in [0.15, 0.2) is 101 Å². The number of anilines is 2. The van der Waals surface area contributed by atoms with Gasteiger partial charge in [-0.3, -0.25) is 39.0 Å². The molecule has 5 aromatic carbocycles. The molecule has 3 atom stereocenters. The van der Waals surface area contributed by atoms with E-state index in [1.165, 1.54) is 0 Å². The maximum absolute atomic E-state index is 14.1. The molecule has 17 heteroatoms. The zero-order valence-electron chi connectivity index (χ0n) is 42.3. The van der Waals surface area contributed by atoms with Crippen molar-refractivity contribution in [2.24, 2.45) is 21.6 Å². The minimum Gasteiger partial charge on any atom is -0.494 e. The van der Waals surface area contributed by atoms with Crippen LogP contribution in [0.2, 0.25) is 0 Å². The Kier molecular flexibility index (Phi) is 16.4. The van der Waals surface area contributed by atoms with Crippen LogP contribution in [0.1, 0.15) is 94.3 Å². The number of carbonyl (C=O) groups excluding carboxylic acids is 4. The minimum absolute atomic E-state index is 0.00803. The van der Waals surface area contributed by atoms with E-state index in [0.717, 1.165) is 70.8 Å². The van der Waals surface area contributed by atoms with E-state index in [0.29, 0.717) is 103 Å². The standard InChI is InChI=1S/C58H62N6O9S2/c1-69-51-28-44-47(61-32-41-26-39-13-5-7-15-49(39)63(41)57(44)67)30-53(51)72-34-36-23-37(35-73-54-31-48-45(29-52(54)70-2)58(68)64-42(33-62-48)27-40-14-6-8-16-50(40)64)25-43(24-36)71-20-10-9-17-55(65)60-19-22-75-74-21-18-46(59)56(66)38-11-3-4-12-38/h5-8,13-16,23-25,28-33,38,41-42,46H,3-4,9-12,17-22,26-27,34-35,59H2,1-2H3,(H,60,65). The lowest BCUT2D eigenvalue weighted by Gasteiger charge is -2.22. The van der Waals surface area contributed by atoms with Gasteiger partial charge in [0.15, 0.2) is 28.8 Å². The summed E-state index contributed by atoms with van der Waals surface area (Å²) in [5, 5.41) is 3.01. The van der Waals surface area contributed by atoms with Gasteiger partial charge in [-0.05, 0) is 96.8 Å². The highest BCUT2D eigenvalue weighted by Gasteiger charge is 2.38. The van der Waals surface area contributed by atoms with Gasteiger partial charge in [0.25, 0.3) is 11.8 Å². The first kappa shape index (κ1) is 51.7. The number of ketones is 1. The zero-order chi connectivity index (χ0) is 51.8. The Morgan fingerprint density at radius 2 is 1.24 bits per heavy atom. The normalized spacial score (nSPS) is 17.5. The number of para-hydroxylation sites is 2. The highest BCUT2D eigenvalue weighted by molar-refractivity contribution is 8.76. The van der Waals surface area contributed by atoms with Crippen LogP contribution in [-0.2, 0) is 35.6 Å². The number of nitrogens with two attached hydrogens (primary N) is 1. The molecule has 390 valence electrons. The van der Waals surface area contributed by atoms with Crippen LogP contribution >= 0.6 is 21.6 Å². The number of Topliss-reactive ketones (excluding diaryl/α,β-unsaturated/α-hetero) is 1. The van der Waals surface area contributed by atoms with E-state index in [-0.39, 0.29) is 60.8 Å². The first-order chi connectivity index (χ1) is 36.6. The zero-order valence-corrected chi connectivity index (χ0v) is 43.9. The van der Waals surface area contributed by atoms with Crippen molar-refractivity contribution >= 4 is 80.3 Å². The van der Waals surface area contributed by atoms with Crippen molar-refractivity contribution in [3.05, 3.63) is 124 Å². The number of fused-ring (bicyclic) bond motifs is 8. The highest BCUT2D eigenvalue weighted by atomic mass is 33.1. The lowest BCUT2D eigenvalue weighted by atomic mass is 9.96. The third kappa shape index (κ3) is 11.7. The Morgan fingerprint density at radius 3 is 1.80 bits per heavy atom. The SMILES string of the molecule is COc1cc2c(cc1OCc1cc(COc3cc4c(cc3OC)C(=O)N3c5ccccc5CC3C=N4)cc(OCCCCC(=O)NCCSSCCC(N)C(=O)C3CCCC3)c1)N=CC1Cc3ccccc3N1C2=O. The summed E-state index contributed by atoms with van der Waals surface area (Å²) >= 11 is 0. The molecular weight excluding hydrogens is 989 g/mol. The molecule has 0 radical (unpaired) electrons. The number of carbonyl (C=O) groups is 4. The molecule has 5 aliphatic rings. The summed E-state index contributed by atoms with van der Waals surface area (Å²) in [5.41, 5.74) is 13.5. The summed E-state index contributed by atoms with van der Waals surface area (Å²) in [4.78, 5) is 66.5. The molecule has 3 unspecified atom stereocenters. The van der Waals surface area contributed by atoms with Gasteiger partial charge in [0.2, 0.25) is 5.91 Å². The molecule has 0 bridgehead atoms. The molecule has 1 aliphatic carbocycles. The average molecular weight is 1050 g/mol. The topological polar surface area (TPSA) is 184 Å². The molecule has 0 spiro atoms. The number of nitrogens with one attached hydrogen (secondary N) is 1. The summed E-state index contributed by atoms with van der Waals surface area (Å²) in [5.74, 6) is 3.84. The Hall–Kier alpha value is -6.82. The second kappa shape index (κ2) is 23.8. The van der Waals surface area contributed by atoms with E-state index < -0.39 is 0 Å². The first-order valence-corrected chi connectivity index (χ1v) is 28.3. The number of amides is 3. The van der Waals surface area contributed by atoms with E-state index in [2.05, 4.69) is 5.32 Å². The maximum Gasteiger partial charge on any atom is 0.261 e. The molecule has 4 heterocycles. The van der Waals surface area contributed by atoms with Gasteiger partial charge in [-0.2, -0.15) is 0 Å². The smallest absolute Gasteiger partial charge is 0.261 e. The van der Waals surface area contributed by atoms with E-state index in [1.54, 1.807) is 69.9 Å². The fourth-order valence-corrected chi connectivity index (χ4v) is 12.5. The Balaban J connectivity index is 0.782. The number of hydrogen-bond donors (Lipinski definition) is 2.